The first-order valence-corrected chi connectivity index (χ1v) is 13.4. The van der Waals surface area contributed by atoms with Gasteiger partial charge in [-0.2, -0.15) is 34.8 Å². The van der Waals surface area contributed by atoms with E-state index in [0.717, 1.165) is 0 Å². The van der Waals surface area contributed by atoms with Crippen LogP contribution in [-0.2, 0) is 29.2 Å². The average molecular weight is 636 g/mol. The van der Waals surface area contributed by atoms with E-state index in [9.17, 15) is 44.3 Å². The average Bonchev–Trinajstić information content (AvgIpc) is 2.66. The Morgan fingerprint density at radius 2 is 1.56 bits per heavy atom. The lowest BCUT2D eigenvalue weighted by Crippen LogP contribution is -2.66. The van der Waals surface area contributed by atoms with E-state index < -0.39 is 73.0 Å². The van der Waals surface area contributed by atoms with Gasteiger partial charge < -0.3 is 9.47 Å². The summed E-state index contributed by atoms with van der Waals surface area (Å²) in [5, 5.41) is 0. The fraction of sp³-hybridized carbons (Fsp3) is 0.895. The van der Waals surface area contributed by atoms with Crippen LogP contribution in [0.2, 0.25) is 0 Å². The van der Waals surface area contributed by atoms with Crippen molar-refractivity contribution >= 4 is 44.6 Å². The van der Waals surface area contributed by atoms with Crippen molar-refractivity contribution in [2.75, 3.05) is 5.75 Å². The van der Waals surface area contributed by atoms with Gasteiger partial charge >= 0.3 is 29.9 Å². The monoisotopic (exact) mass is 636 g/mol. The molecular formula is C19H23F6IO7S. The number of hydrogen-bond acceptors (Lipinski definition) is 6. The van der Waals surface area contributed by atoms with Gasteiger partial charge in [0.1, 0.15) is 15.8 Å². The van der Waals surface area contributed by atoms with Crippen LogP contribution in [-0.4, -0.2) is 58.6 Å². The molecule has 4 saturated carbocycles. The van der Waals surface area contributed by atoms with Crippen LogP contribution >= 0.6 is 22.6 Å². The summed E-state index contributed by atoms with van der Waals surface area (Å²) in [5.74, 6) is -6.27. The second-order valence-electron chi connectivity index (χ2n) is 9.47. The molecule has 4 aliphatic rings. The van der Waals surface area contributed by atoms with Crippen molar-refractivity contribution in [1.82, 2.24) is 0 Å². The highest BCUT2D eigenvalue weighted by molar-refractivity contribution is 14.1. The van der Waals surface area contributed by atoms with E-state index in [1.807, 2.05) is 22.6 Å². The van der Waals surface area contributed by atoms with Gasteiger partial charge in [0.15, 0.2) is 0 Å². The van der Waals surface area contributed by atoms with Crippen molar-refractivity contribution < 1.29 is 58.4 Å². The van der Waals surface area contributed by atoms with Gasteiger partial charge in [0, 0.05) is 0 Å². The molecule has 0 aromatic heterocycles. The van der Waals surface area contributed by atoms with Crippen molar-refractivity contribution in [2.45, 2.75) is 73.4 Å². The normalized spacial score (nSPS) is 32.4. The van der Waals surface area contributed by atoms with Crippen LogP contribution in [0.3, 0.4) is 0 Å². The molecule has 7 nitrogen and oxygen atoms in total. The second kappa shape index (κ2) is 8.92. The molecule has 3 atom stereocenters. The summed E-state index contributed by atoms with van der Waals surface area (Å²) < 4.78 is 122. The van der Waals surface area contributed by atoms with Crippen LogP contribution in [0.15, 0.2) is 0 Å². The molecule has 0 radical (unpaired) electrons. The van der Waals surface area contributed by atoms with Crippen molar-refractivity contribution in [2.24, 2.45) is 23.2 Å². The summed E-state index contributed by atoms with van der Waals surface area (Å²) in [6, 6.07) is 0. The molecule has 0 saturated heterocycles. The minimum absolute atomic E-state index is 0.0129. The van der Waals surface area contributed by atoms with Gasteiger partial charge in [0.25, 0.3) is 10.1 Å². The molecule has 34 heavy (non-hydrogen) atoms. The van der Waals surface area contributed by atoms with Crippen molar-refractivity contribution in [3.63, 3.8) is 0 Å². The lowest BCUT2D eigenvalue weighted by atomic mass is 9.48. The van der Waals surface area contributed by atoms with Gasteiger partial charge in [0.2, 0.25) is 0 Å². The molecule has 0 aromatic carbocycles. The second-order valence-corrected chi connectivity index (χ2v) is 12.4. The molecular weight excluding hydrogens is 613 g/mol. The zero-order chi connectivity index (χ0) is 25.9. The molecule has 4 fully saturated rings. The lowest BCUT2D eigenvalue weighted by molar-refractivity contribution is -0.364. The highest BCUT2D eigenvalue weighted by Gasteiger charge is 2.77. The zero-order valence-corrected chi connectivity index (χ0v) is 20.8. The Labute approximate surface area is 205 Å². The van der Waals surface area contributed by atoms with E-state index >= 15 is 0 Å². The Hall–Kier alpha value is -0.840. The Bertz CT molecular complexity index is 904. The third-order valence-electron chi connectivity index (χ3n) is 7.05. The number of ether oxygens (including phenoxy) is 2. The molecule has 3 unspecified atom stereocenters. The summed E-state index contributed by atoms with van der Waals surface area (Å²) in [5.41, 5.74) is -7.12. The maximum absolute atomic E-state index is 13.6. The Kier molecular flexibility index (Phi) is 7.28. The predicted octanol–water partition coefficient (Wildman–Crippen LogP) is 4.23. The molecule has 0 aliphatic heterocycles. The van der Waals surface area contributed by atoms with E-state index in [1.54, 1.807) is 6.92 Å². The third-order valence-corrected chi connectivity index (χ3v) is 9.22. The number of halogens is 7. The Morgan fingerprint density at radius 1 is 1.06 bits per heavy atom. The van der Waals surface area contributed by atoms with Crippen LogP contribution < -0.4 is 0 Å². The fourth-order valence-corrected chi connectivity index (χ4v) is 6.83. The maximum atomic E-state index is 13.6. The fourth-order valence-electron chi connectivity index (χ4n) is 5.79. The summed E-state index contributed by atoms with van der Waals surface area (Å²) in [6.07, 6.45) is -12.2. The minimum atomic E-state index is -6.37. The topological polar surface area (TPSA) is 107 Å². The van der Waals surface area contributed by atoms with E-state index in [4.69, 9.17) is 9.29 Å². The van der Waals surface area contributed by atoms with Gasteiger partial charge in [-0.1, -0.05) is 29.5 Å². The molecule has 1 N–H and O–H groups in total. The standard InChI is InChI=1S/C19H23F6IO7S/c1-2-12(26)14(27)32-13-10-3-9-4-11(13)7-16(5-9,6-10)15(28)33-17(18(20,21)22,19(23,24)25)8-34(29,30)31/h9-13H,2-8H2,1H3,(H,29,30,31). The zero-order valence-electron chi connectivity index (χ0n) is 17.8. The van der Waals surface area contributed by atoms with Crippen LogP contribution in [0.4, 0.5) is 26.3 Å². The van der Waals surface area contributed by atoms with Crippen LogP contribution in [0.25, 0.3) is 0 Å². The van der Waals surface area contributed by atoms with E-state index in [1.165, 1.54) is 0 Å². The molecule has 15 heteroatoms. The number of carbonyl (C=O) groups excluding carboxylic acids is 2. The molecule has 0 heterocycles. The SMILES string of the molecule is CCC(I)C(=O)OC1C2CC3CC1CC(C(=O)OC(CS(=O)(=O)O)(C(F)(F)F)C(F)(F)F)(C3)C2. The highest BCUT2D eigenvalue weighted by atomic mass is 127. The quantitative estimate of drug-likeness (QED) is 0.147. The smallest absolute Gasteiger partial charge is 0.438 e. The van der Waals surface area contributed by atoms with Crippen molar-refractivity contribution in [3.05, 3.63) is 0 Å². The molecule has 0 amide bonds. The first-order valence-electron chi connectivity index (χ1n) is 10.5. The van der Waals surface area contributed by atoms with Crippen LogP contribution in [0.5, 0.6) is 0 Å². The molecule has 4 aliphatic carbocycles. The number of esters is 2. The Morgan fingerprint density at radius 3 is 1.97 bits per heavy atom. The van der Waals surface area contributed by atoms with E-state index in [2.05, 4.69) is 4.74 Å². The van der Waals surface area contributed by atoms with Crippen molar-refractivity contribution in [3.8, 4) is 0 Å². The minimum Gasteiger partial charge on any atom is -0.461 e. The van der Waals surface area contributed by atoms with Gasteiger partial charge in [0.05, 0.1) is 5.41 Å². The predicted molar refractivity (Wildman–Crippen MR) is 111 cm³/mol. The first kappa shape index (κ1) is 27.7. The van der Waals surface area contributed by atoms with Crippen LogP contribution in [0, 0.1) is 23.2 Å². The van der Waals surface area contributed by atoms with E-state index in [0.29, 0.717) is 19.3 Å². The summed E-state index contributed by atoms with van der Waals surface area (Å²) in [4.78, 5) is 25.2. The van der Waals surface area contributed by atoms with E-state index in [-0.39, 0.29) is 25.2 Å². The molecule has 0 aromatic rings. The number of carbonyl (C=O) groups is 2. The van der Waals surface area contributed by atoms with Gasteiger partial charge in [-0.15, -0.1) is 0 Å². The number of hydrogen-bond donors (Lipinski definition) is 1. The summed E-state index contributed by atoms with van der Waals surface area (Å²) >= 11 is 1.91. The van der Waals surface area contributed by atoms with Crippen molar-refractivity contribution in [1.29, 1.82) is 0 Å². The van der Waals surface area contributed by atoms with Gasteiger partial charge in [-0.3, -0.25) is 14.1 Å². The number of alkyl halides is 7. The lowest BCUT2D eigenvalue weighted by Gasteiger charge is -2.58. The molecule has 196 valence electrons. The maximum Gasteiger partial charge on any atom is 0.438 e. The van der Waals surface area contributed by atoms with Gasteiger partial charge in [-0.05, 0) is 56.3 Å². The molecule has 0 spiro atoms. The van der Waals surface area contributed by atoms with Crippen LogP contribution in [0.1, 0.15) is 45.4 Å². The summed E-state index contributed by atoms with van der Waals surface area (Å²) in [7, 11) is -5.86. The largest absolute Gasteiger partial charge is 0.461 e. The number of rotatable bonds is 7. The summed E-state index contributed by atoms with van der Waals surface area (Å²) in [6.45, 7) is 1.78. The Balaban J connectivity index is 1.90. The third kappa shape index (κ3) is 5.02. The van der Waals surface area contributed by atoms with Gasteiger partial charge in [-0.25, -0.2) is 0 Å². The first-order chi connectivity index (χ1) is 15.3. The molecule has 4 bridgehead atoms. The molecule has 4 rings (SSSR count). The highest BCUT2D eigenvalue weighted by Crippen LogP contribution is 2.62.